The van der Waals surface area contributed by atoms with Gasteiger partial charge in [-0.05, 0) is 31.9 Å². The Morgan fingerprint density at radius 1 is 1.30 bits per heavy atom. The van der Waals surface area contributed by atoms with Crippen LogP contribution in [0.2, 0.25) is 0 Å². The van der Waals surface area contributed by atoms with Gasteiger partial charge in [0.2, 0.25) is 0 Å². The summed E-state index contributed by atoms with van der Waals surface area (Å²) in [6.07, 6.45) is 1.41. The highest BCUT2D eigenvalue weighted by molar-refractivity contribution is 7.86. The summed E-state index contributed by atoms with van der Waals surface area (Å²) in [4.78, 5) is 0.174. The Morgan fingerprint density at radius 2 is 2.00 bits per heavy atom. The lowest BCUT2D eigenvalue weighted by atomic mass is 10.00. The number of aryl methyl sites for hydroxylation is 1. The number of rotatable bonds is 5. The Bertz CT molecular complexity index is 515. The first kappa shape index (κ1) is 15.4. The minimum absolute atomic E-state index is 0.00917. The molecule has 2 atom stereocenters. The number of hydrogen-bond acceptors (Lipinski definition) is 5. The Labute approximate surface area is 119 Å². The number of hydrogen-bond donors (Lipinski definition) is 1. The topological polar surface area (TPSA) is 72.8 Å². The van der Waals surface area contributed by atoms with E-state index in [1.165, 1.54) is 0 Å². The van der Waals surface area contributed by atoms with Gasteiger partial charge in [-0.1, -0.05) is 17.7 Å². The van der Waals surface area contributed by atoms with Crippen LogP contribution in [0, 0.1) is 12.8 Å². The third-order valence-corrected chi connectivity index (χ3v) is 4.73. The molecule has 2 rings (SSSR count). The molecule has 0 spiro atoms. The van der Waals surface area contributed by atoms with Crippen LogP contribution in [0.15, 0.2) is 29.2 Å². The van der Waals surface area contributed by atoms with Gasteiger partial charge in [-0.3, -0.25) is 4.18 Å². The predicted octanol–water partition coefficient (Wildman–Crippen LogP) is 1.49. The molecule has 1 fully saturated rings. The zero-order valence-electron chi connectivity index (χ0n) is 11.5. The highest BCUT2D eigenvalue weighted by Gasteiger charge is 2.24. The number of ether oxygens (including phenoxy) is 1. The summed E-state index contributed by atoms with van der Waals surface area (Å²) in [5.41, 5.74) is 1.000. The van der Waals surface area contributed by atoms with Crippen molar-refractivity contribution in [1.82, 2.24) is 0 Å². The number of aliphatic hydroxyl groups excluding tert-OH is 1. The van der Waals surface area contributed by atoms with Gasteiger partial charge < -0.3 is 9.84 Å². The van der Waals surface area contributed by atoms with Crippen molar-refractivity contribution >= 4 is 10.1 Å². The normalized spacial score (nSPS) is 23.7. The number of benzene rings is 1. The molecule has 5 nitrogen and oxygen atoms in total. The van der Waals surface area contributed by atoms with Crippen molar-refractivity contribution in [1.29, 1.82) is 0 Å². The lowest BCUT2D eigenvalue weighted by Crippen LogP contribution is -2.31. The maximum atomic E-state index is 12.0. The second kappa shape index (κ2) is 6.67. The summed E-state index contributed by atoms with van der Waals surface area (Å²) >= 11 is 0. The molecule has 20 heavy (non-hydrogen) atoms. The van der Waals surface area contributed by atoms with Crippen molar-refractivity contribution < 1.29 is 22.4 Å². The summed E-state index contributed by atoms with van der Waals surface area (Å²) < 4.78 is 34.5. The zero-order valence-corrected chi connectivity index (χ0v) is 12.3. The molecule has 1 aromatic carbocycles. The fourth-order valence-corrected chi connectivity index (χ4v) is 3.07. The SMILES string of the molecule is Cc1ccc(S(=O)(=O)OCC2CCC(CO)OC2)cc1. The molecule has 6 heteroatoms. The molecule has 1 aliphatic heterocycles. The van der Waals surface area contributed by atoms with Crippen LogP contribution in [0.4, 0.5) is 0 Å². The quantitative estimate of drug-likeness (QED) is 0.834. The average Bonchev–Trinajstić information content (AvgIpc) is 2.46. The van der Waals surface area contributed by atoms with E-state index in [9.17, 15) is 8.42 Å². The summed E-state index contributed by atoms with van der Waals surface area (Å²) in [5.74, 6) is 0.0537. The van der Waals surface area contributed by atoms with Crippen LogP contribution in [-0.2, 0) is 19.0 Å². The van der Waals surface area contributed by atoms with E-state index in [2.05, 4.69) is 0 Å². The second-order valence-corrected chi connectivity index (χ2v) is 6.75. The van der Waals surface area contributed by atoms with Crippen molar-refractivity contribution in [3.05, 3.63) is 29.8 Å². The lowest BCUT2D eigenvalue weighted by molar-refractivity contribution is -0.0503. The Morgan fingerprint density at radius 3 is 2.55 bits per heavy atom. The van der Waals surface area contributed by atoms with E-state index >= 15 is 0 Å². The lowest BCUT2D eigenvalue weighted by Gasteiger charge is -2.27. The van der Waals surface area contributed by atoms with Gasteiger partial charge >= 0.3 is 0 Å². The van der Waals surface area contributed by atoms with Crippen molar-refractivity contribution in [2.75, 3.05) is 19.8 Å². The molecule has 2 unspecified atom stereocenters. The Kier molecular flexibility index (Phi) is 5.15. The third-order valence-electron chi connectivity index (χ3n) is 3.44. The van der Waals surface area contributed by atoms with E-state index in [4.69, 9.17) is 14.0 Å². The van der Waals surface area contributed by atoms with E-state index in [-0.39, 0.29) is 30.1 Å². The molecule has 1 heterocycles. The molecular weight excluding hydrogens is 280 g/mol. The first-order valence-electron chi connectivity index (χ1n) is 6.70. The van der Waals surface area contributed by atoms with Gasteiger partial charge in [0.1, 0.15) is 0 Å². The van der Waals surface area contributed by atoms with Crippen LogP contribution >= 0.6 is 0 Å². The fraction of sp³-hybridized carbons (Fsp3) is 0.571. The van der Waals surface area contributed by atoms with Gasteiger partial charge in [-0.2, -0.15) is 8.42 Å². The van der Waals surface area contributed by atoms with Crippen LogP contribution in [0.25, 0.3) is 0 Å². The van der Waals surface area contributed by atoms with Gasteiger partial charge in [0.05, 0.1) is 30.8 Å². The smallest absolute Gasteiger partial charge is 0.296 e. The minimum atomic E-state index is -3.70. The molecule has 0 saturated carbocycles. The standard InChI is InChI=1S/C14H20O5S/c1-11-2-6-14(7-3-11)20(16,17)19-10-12-4-5-13(8-15)18-9-12/h2-3,6-7,12-13,15H,4-5,8-10H2,1H3. The maximum Gasteiger partial charge on any atom is 0.296 e. The minimum Gasteiger partial charge on any atom is -0.394 e. The first-order valence-corrected chi connectivity index (χ1v) is 8.10. The summed E-state index contributed by atoms with van der Waals surface area (Å²) in [6.45, 7) is 2.45. The Hall–Kier alpha value is -0.950. The third kappa shape index (κ3) is 4.02. The van der Waals surface area contributed by atoms with Crippen LogP contribution < -0.4 is 0 Å². The van der Waals surface area contributed by atoms with E-state index in [0.717, 1.165) is 18.4 Å². The number of aliphatic hydroxyl groups is 1. The highest BCUT2D eigenvalue weighted by Crippen LogP contribution is 2.21. The van der Waals surface area contributed by atoms with E-state index < -0.39 is 10.1 Å². The van der Waals surface area contributed by atoms with Crippen LogP contribution in [-0.4, -0.2) is 39.4 Å². The van der Waals surface area contributed by atoms with E-state index in [1.54, 1.807) is 24.3 Å². The molecule has 0 amide bonds. The average molecular weight is 300 g/mol. The Balaban J connectivity index is 1.88. The van der Waals surface area contributed by atoms with Gasteiger partial charge in [0.25, 0.3) is 10.1 Å². The summed E-state index contributed by atoms with van der Waals surface area (Å²) in [5, 5.41) is 8.96. The van der Waals surface area contributed by atoms with Gasteiger partial charge in [0.15, 0.2) is 0 Å². The molecule has 1 aromatic rings. The van der Waals surface area contributed by atoms with E-state index in [1.807, 2.05) is 6.92 Å². The molecule has 1 N–H and O–H groups in total. The molecule has 1 aliphatic rings. The molecule has 0 aromatic heterocycles. The maximum absolute atomic E-state index is 12.0. The predicted molar refractivity (Wildman–Crippen MR) is 73.9 cm³/mol. The van der Waals surface area contributed by atoms with E-state index in [0.29, 0.717) is 6.61 Å². The molecular formula is C14H20O5S. The zero-order chi connectivity index (χ0) is 14.6. The summed E-state index contributed by atoms with van der Waals surface area (Å²) in [7, 11) is -3.70. The second-order valence-electron chi connectivity index (χ2n) is 5.13. The van der Waals surface area contributed by atoms with Crippen LogP contribution in [0.5, 0.6) is 0 Å². The highest BCUT2D eigenvalue weighted by atomic mass is 32.2. The van der Waals surface area contributed by atoms with Crippen molar-refractivity contribution in [3.8, 4) is 0 Å². The molecule has 0 aliphatic carbocycles. The molecule has 0 bridgehead atoms. The van der Waals surface area contributed by atoms with Crippen molar-refractivity contribution in [2.45, 2.75) is 30.8 Å². The van der Waals surface area contributed by atoms with Crippen LogP contribution in [0.1, 0.15) is 18.4 Å². The first-order chi connectivity index (χ1) is 9.51. The molecule has 1 saturated heterocycles. The van der Waals surface area contributed by atoms with Gasteiger partial charge in [0, 0.05) is 5.92 Å². The molecule has 112 valence electrons. The molecule has 0 radical (unpaired) electrons. The largest absolute Gasteiger partial charge is 0.394 e. The van der Waals surface area contributed by atoms with Gasteiger partial charge in [-0.15, -0.1) is 0 Å². The van der Waals surface area contributed by atoms with Gasteiger partial charge in [-0.25, -0.2) is 0 Å². The monoisotopic (exact) mass is 300 g/mol. The summed E-state index contributed by atoms with van der Waals surface area (Å²) in [6, 6.07) is 6.57. The van der Waals surface area contributed by atoms with Crippen molar-refractivity contribution in [3.63, 3.8) is 0 Å². The van der Waals surface area contributed by atoms with Crippen LogP contribution in [0.3, 0.4) is 0 Å². The fourth-order valence-electron chi connectivity index (χ4n) is 2.09. The van der Waals surface area contributed by atoms with Crippen molar-refractivity contribution in [2.24, 2.45) is 5.92 Å².